The second-order valence-corrected chi connectivity index (χ2v) is 4.81. The van der Waals surface area contributed by atoms with Crippen molar-refractivity contribution in [3.63, 3.8) is 0 Å². The third-order valence-corrected chi connectivity index (χ3v) is 3.11. The SMILES string of the molecule is CCOC(=O)Nc1ccc(Nc2ccccc2C(=O)OCC)cc1. The molecule has 6 heteroatoms. The number of anilines is 3. The summed E-state index contributed by atoms with van der Waals surface area (Å²) < 4.78 is 9.87. The van der Waals surface area contributed by atoms with Crippen LogP contribution in [-0.4, -0.2) is 25.3 Å². The predicted octanol–water partition coefficient (Wildman–Crippen LogP) is 4.18. The summed E-state index contributed by atoms with van der Waals surface area (Å²) in [6, 6.07) is 14.2. The van der Waals surface area contributed by atoms with Crippen molar-refractivity contribution in [2.24, 2.45) is 0 Å². The van der Waals surface area contributed by atoms with E-state index in [4.69, 9.17) is 9.47 Å². The first kappa shape index (κ1) is 17.3. The molecule has 0 bridgehead atoms. The third kappa shape index (κ3) is 4.74. The molecule has 0 aliphatic carbocycles. The van der Waals surface area contributed by atoms with Gasteiger partial charge in [-0.2, -0.15) is 0 Å². The van der Waals surface area contributed by atoms with Crippen LogP contribution < -0.4 is 10.6 Å². The van der Waals surface area contributed by atoms with E-state index in [-0.39, 0.29) is 5.97 Å². The molecule has 0 aliphatic heterocycles. The Kier molecular flexibility index (Phi) is 6.19. The summed E-state index contributed by atoms with van der Waals surface area (Å²) in [4.78, 5) is 23.3. The summed E-state index contributed by atoms with van der Waals surface area (Å²) in [6.45, 7) is 4.15. The van der Waals surface area contributed by atoms with Crippen molar-refractivity contribution in [1.82, 2.24) is 0 Å². The molecule has 0 fully saturated rings. The first-order valence-corrected chi connectivity index (χ1v) is 7.71. The standard InChI is InChI=1S/C18H20N2O4/c1-3-23-17(21)15-7-5-6-8-16(15)19-13-9-11-14(12-10-13)20-18(22)24-4-2/h5-12,19H,3-4H2,1-2H3,(H,20,22). The fourth-order valence-electron chi connectivity index (χ4n) is 2.06. The number of hydrogen-bond donors (Lipinski definition) is 2. The number of carbonyl (C=O) groups excluding carboxylic acids is 2. The van der Waals surface area contributed by atoms with Crippen LogP contribution in [0.2, 0.25) is 0 Å². The molecule has 0 unspecified atom stereocenters. The fourth-order valence-corrected chi connectivity index (χ4v) is 2.06. The zero-order valence-electron chi connectivity index (χ0n) is 13.7. The zero-order chi connectivity index (χ0) is 17.4. The van der Waals surface area contributed by atoms with Gasteiger partial charge < -0.3 is 14.8 Å². The lowest BCUT2D eigenvalue weighted by Crippen LogP contribution is -2.13. The fraction of sp³-hybridized carbons (Fsp3) is 0.222. The number of ether oxygens (including phenoxy) is 2. The Labute approximate surface area is 140 Å². The van der Waals surface area contributed by atoms with Crippen LogP contribution in [0.25, 0.3) is 0 Å². The van der Waals surface area contributed by atoms with E-state index in [1.807, 2.05) is 6.07 Å². The van der Waals surface area contributed by atoms with Crippen molar-refractivity contribution in [3.8, 4) is 0 Å². The summed E-state index contributed by atoms with van der Waals surface area (Å²) in [7, 11) is 0. The van der Waals surface area contributed by atoms with E-state index in [0.717, 1.165) is 5.69 Å². The molecular formula is C18H20N2O4. The largest absolute Gasteiger partial charge is 0.462 e. The second-order valence-electron chi connectivity index (χ2n) is 4.81. The Bertz CT molecular complexity index is 698. The molecule has 2 aromatic rings. The van der Waals surface area contributed by atoms with Crippen LogP contribution >= 0.6 is 0 Å². The zero-order valence-corrected chi connectivity index (χ0v) is 13.7. The number of rotatable bonds is 6. The number of nitrogens with one attached hydrogen (secondary N) is 2. The summed E-state index contributed by atoms with van der Waals surface area (Å²) in [5.74, 6) is -0.374. The summed E-state index contributed by atoms with van der Waals surface area (Å²) in [5.41, 5.74) is 2.52. The maximum absolute atomic E-state index is 12.0. The van der Waals surface area contributed by atoms with Gasteiger partial charge in [0.2, 0.25) is 0 Å². The van der Waals surface area contributed by atoms with Crippen molar-refractivity contribution < 1.29 is 19.1 Å². The second kappa shape index (κ2) is 8.57. The monoisotopic (exact) mass is 328 g/mol. The highest BCUT2D eigenvalue weighted by Gasteiger charge is 2.11. The molecule has 0 aliphatic rings. The number of esters is 1. The van der Waals surface area contributed by atoms with Crippen molar-refractivity contribution in [3.05, 3.63) is 54.1 Å². The average molecular weight is 328 g/mol. The van der Waals surface area contributed by atoms with Crippen molar-refractivity contribution in [2.75, 3.05) is 23.8 Å². The number of hydrogen-bond acceptors (Lipinski definition) is 5. The van der Waals surface area contributed by atoms with Gasteiger partial charge in [-0.1, -0.05) is 12.1 Å². The van der Waals surface area contributed by atoms with E-state index < -0.39 is 6.09 Å². The van der Waals surface area contributed by atoms with Crippen LogP contribution in [0.5, 0.6) is 0 Å². The van der Waals surface area contributed by atoms with Crippen molar-refractivity contribution >= 4 is 29.1 Å². The quantitative estimate of drug-likeness (QED) is 0.778. The van der Waals surface area contributed by atoms with Gasteiger partial charge in [0.25, 0.3) is 0 Å². The maximum atomic E-state index is 12.0. The lowest BCUT2D eigenvalue weighted by molar-refractivity contribution is 0.0527. The Morgan fingerprint density at radius 1 is 0.875 bits per heavy atom. The molecule has 0 heterocycles. The molecule has 0 radical (unpaired) electrons. The van der Waals surface area contributed by atoms with E-state index in [1.165, 1.54) is 0 Å². The minimum absolute atomic E-state index is 0.316. The van der Waals surface area contributed by atoms with Gasteiger partial charge in [0.05, 0.1) is 24.5 Å². The normalized spacial score (nSPS) is 9.92. The molecule has 24 heavy (non-hydrogen) atoms. The molecule has 2 N–H and O–H groups in total. The van der Waals surface area contributed by atoms with Gasteiger partial charge in [0.15, 0.2) is 0 Å². The molecular weight excluding hydrogens is 308 g/mol. The van der Waals surface area contributed by atoms with Gasteiger partial charge >= 0.3 is 12.1 Å². The van der Waals surface area contributed by atoms with Crippen LogP contribution in [0.4, 0.5) is 21.9 Å². The van der Waals surface area contributed by atoms with E-state index in [9.17, 15) is 9.59 Å². The highest BCUT2D eigenvalue weighted by atomic mass is 16.5. The van der Waals surface area contributed by atoms with E-state index >= 15 is 0 Å². The highest BCUT2D eigenvalue weighted by Crippen LogP contribution is 2.23. The van der Waals surface area contributed by atoms with Gasteiger partial charge in [0, 0.05) is 11.4 Å². The van der Waals surface area contributed by atoms with Gasteiger partial charge in [-0.25, -0.2) is 9.59 Å². The average Bonchev–Trinajstić information content (AvgIpc) is 2.57. The Morgan fingerprint density at radius 3 is 2.17 bits per heavy atom. The van der Waals surface area contributed by atoms with Crippen LogP contribution in [0, 0.1) is 0 Å². The van der Waals surface area contributed by atoms with Crippen LogP contribution in [-0.2, 0) is 9.47 Å². The number of carbonyl (C=O) groups is 2. The highest BCUT2D eigenvalue weighted by molar-refractivity contribution is 5.96. The minimum Gasteiger partial charge on any atom is -0.462 e. The van der Waals surface area contributed by atoms with E-state index in [2.05, 4.69) is 10.6 Å². The van der Waals surface area contributed by atoms with Crippen molar-refractivity contribution in [1.29, 1.82) is 0 Å². The smallest absolute Gasteiger partial charge is 0.411 e. The molecule has 0 saturated heterocycles. The molecule has 0 atom stereocenters. The Morgan fingerprint density at radius 2 is 1.50 bits per heavy atom. The lowest BCUT2D eigenvalue weighted by atomic mass is 10.1. The number of amides is 1. The molecule has 2 aromatic carbocycles. The molecule has 6 nitrogen and oxygen atoms in total. The van der Waals surface area contributed by atoms with Crippen LogP contribution in [0.15, 0.2) is 48.5 Å². The van der Waals surface area contributed by atoms with E-state index in [1.54, 1.807) is 56.3 Å². The minimum atomic E-state index is -0.495. The molecule has 2 rings (SSSR count). The first-order valence-electron chi connectivity index (χ1n) is 7.71. The van der Waals surface area contributed by atoms with E-state index in [0.29, 0.717) is 30.2 Å². The van der Waals surface area contributed by atoms with Crippen LogP contribution in [0.1, 0.15) is 24.2 Å². The maximum Gasteiger partial charge on any atom is 0.411 e. The van der Waals surface area contributed by atoms with Crippen molar-refractivity contribution in [2.45, 2.75) is 13.8 Å². The summed E-state index contributed by atoms with van der Waals surface area (Å²) in [6.07, 6.45) is -0.495. The molecule has 0 spiro atoms. The first-order chi connectivity index (χ1) is 11.6. The van der Waals surface area contributed by atoms with Gasteiger partial charge in [-0.15, -0.1) is 0 Å². The molecule has 1 amide bonds. The Balaban J connectivity index is 2.09. The Hall–Kier alpha value is -3.02. The summed E-state index contributed by atoms with van der Waals surface area (Å²) in [5, 5.41) is 5.79. The topological polar surface area (TPSA) is 76.7 Å². The third-order valence-electron chi connectivity index (χ3n) is 3.11. The predicted molar refractivity (Wildman–Crippen MR) is 92.8 cm³/mol. The molecule has 0 aromatic heterocycles. The number of benzene rings is 2. The van der Waals surface area contributed by atoms with Gasteiger partial charge in [0.1, 0.15) is 0 Å². The number of para-hydroxylation sites is 1. The summed E-state index contributed by atoms with van der Waals surface area (Å²) >= 11 is 0. The van der Waals surface area contributed by atoms with Gasteiger partial charge in [-0.3, -0.25) is 5.32 Å². The molecule has 126 valence electrons. The van der Waals surface area contributed by atoms with Gasteiger partial charge in [-0.05, 0) is 50.2 Å². The lowest BCUT2D eigenvalue weighted by Gasteiger charge is -2.12. The van der Waals surface area contributed by atoms with Crippen LogP contribution in [0.3, 0.4) is 0 Å². The molecule has 0 saturated carbocycles.